The molecule has 206 valence electrons. The van der Waals surface area contributed by atoms with Gasteiger partial charge in [0, 0.05) is 11.3 Å². The molecule has 7 heteroatoms. The molecule has 4 rings (SSSR count). The molecule has 40 heavy (non-hydrogen) atoms. The molecule has 4 aromatic rings. The van der Waals surface area contributed by atoms with Crippen LogP contribution in [0.5, 0.6) is 0 Å². The van der Waals surface area contributed by atoms with Crippen LogP contribution in [0, 0.1) is 11.6 Å². The molecular formula is C33H31F2NO3S. The van der Waals surface area contributed by atoms with Gasteiger partial charge in [-0.1, -0.05) is 72.8 Å². The highest BCUT2D eigenvalue weighted by Crippen LogP contribution is 2.35. The first-order valence-electron chi connectivity index (χ1n) is 13.0. The largest absolute Gasteiger partial charge is 0.392 e. The van der Waals surface area contributed by atoms with Crippen LogP contribution in [0.4, 0.5) is 8.78 Å². The molecule has 0 saturated heterocycles. The molecule has 3 atom stereocenters. The monoisotopic (exact) mass is 559 g/mol. The molecular weight excluding hydrogens is 528 g/mol. The van der Waals surface area contributed by atoms with E-state index in [9.17, 15) is 23.8 Å². The number of benzene rings is 3. The van der Waals surface area contributed by atoms with Crippen molar-refractivity contribution in [1.29, 1.82) is 0 Å². The number of allylic oxidation sites excluding steroid dienone is 2. The Morgan fingerprint density at radius 2 is 1.48 bits per heavy atom. The average Bonchev–Trinajstić information content (AvgIpc) is 3.47. The summed E-state index contributed by atoms with van der Waals surface area (Å²) < 4.78 is 27.5. The summed E-state index contributed by atoms with van der Waals surface area (Å²) in [5, 5.41) is 26.0. The lowest BCUT2D eigenvalue weighted by atomic mass is 9.91. The molecule has 0 radical (unpaired) electrons. The summed E-state index contributed by atoms with van der Waals surface area (Å²) in [6, 6.07) is 25.2. The number of rotatable bonds is 11. The lowest BCUT2D eigenvalue weighted by Gasteiger charge is -2.17. The molecule has 0 saturated carbocycles. The van der Waals surface area contributed by atoms with E-state index in [2.05, 4.69) is 5.32 Å². The number of halogens is 2. The molecule has 0 aliphatic carbocycles. The van der Waals surface area contributed by atoms with Crippen molar-refractivity contribution in [1.82, 2.24) is 5.32 Å². The number of hydrogen-bond acceptors (Lipinski definition) is 4. The van der Waals surface area contributed by atoms with E-state index in [4.69, 9.17) is 0 Å². The van der Waals surface area contributed by atoms with Crippen molar-refractivity contribution >= 4 is 28.4 Å². The van der Waals surface area contributed by atoms with Gasteiger partial charge in [0.25, 0.3) is 0 Å². The molecule has 3 aromatic carbocycles. The van der Waals surface area contributed by atoms with Gasteiger partial charge in [-0.05, 0) is 70.5 Å². The standard InChI is InChI=1S/C33H31F2NO3S/c1-22(23-6-3-2-4-7-23)36-32(39)21-29(38)20-28(37)17-18-30(31-8-5-19-40-31)33(24-9-13-26(34)14-10-24)25-11-15-27(35)16-12-25/h2-19,22,28-29,37-38H,20-21H2,1H3,(H,36,39)/b18-17+/t22-,28+,29+/m1/s1. The van der Waals surface area contributed by atoms with E-state index in [1.807, 2.05) is 54.8 Å². The van der Waals surface area contributed by atoms with Crippen LogP contribution in [0.3, 0.4) is 0 Å². The molecule has 4 nitrogen and oxygen atoms in total. The fourth-order valence-corrected chi connectivity index (χ4v) is 5.18. The van der Waals surface area contributed by atoms with Crippen molar-refractivity contribution in [3.63, 3.8) is 0 Å². The SMILES string of the molecule is C[C@@H](NC(=O)C[C@@H](O)C[C@@H](O)/C=C/C(=C(c1ccc(F)cc1)c1ccc(F)cc1)c1cccs1)c1ccccc1. The van der Waals surface area contributed by atoms with Gasteiger partial charge in [-0.15, -0.1) is 11.3 Å². The van der Waals surface area contributed by atoms with E-state index in [1.165, 1.54) is 35.6 Å². The van der Waals surface area contributed by atoms with Crippen molar-refractivity contribution in [2.24, 2.45) is 0 Å². The molecule has 0 spiro atoms. The summed E-state index contributed by atoms with van der Waals surface area (Å²) in [4.78, 5) is 13.4. The Bertz CT molecular complexity index is 1390. The van der Waals surface area contributed by atoms with E-state index in [0.29, 0.717) is 0 Å². The van der Waals surface area contributed by atoms with Gasteiger partial charge in [0.05, 0.1) is 24.7 Å². The number of aliphatic hydroxyl groups is 2. The topological polar surface area (TPSA) is 69.6 Å². The van der Waals surface area contributed by atoms with Crippen LogP contribution >= 0.6 is 11.3 Å². The van der Waals surface area contributed by atoms with Crippen molar-refractivity contribution in [2.45, 2.75) is 38.0 Å². The highest BCUT2D eigenvalue weighted by atomic mass is 32.1. The van der Waals surface area contributed by atoms with Gasteiger partial charge in [0.15, 0.2) is 0 Å². The van der Waals surface area contributed by atoms with Gasteiger partial charge in [-0.25, -0.2) is 8.78 Å². The third-order valence-electron chi connectivity index (χ3n) is 6.42. The number of hydrogen-bond donors (Lipinski definition) is 3. The second kappa shape index (κ2) is 13.9. The van der Waals surface area contributed by atoms with Crippen LogP contribution in [0.25, 0.3) is 11.1 Å². The predicted octanol–water partition coefficient (Wildman–Crippen LogP) is 6.92. The molecule has 0 fully saturated rings. The number of amides is 1. The Morgan fingerprint density at radius 3 is 2.02 bits per heavy atom. The van der Waals surface area contributed by atoms with Crippen LogP contribution in [0.1, 0.15) is 47.4 Å². The summed E-state index contributed by atoms with van der Waals surface area (Å²) in [5.74, 6) is -1.06. The molecule has 1 aromatic heterocycles. The maximum atomic E-state index is 13.7. The molecule has 3 N–H and O–H groups in total. The van der Waals surface area contributed by atoms with E-state index >= 15 is 0 Å². The van der Waals surface area contributed by atoms with Crippen molar-refractivity contribution < 1.29 is 23.8 Å². The quantitative estimate of drug-likeness (QED) is 0.175. The van der Waals surface area contributed by atoms with Gasteiger partial charge >= 0.3 is 0 Å². The molecule has 0 bridgehead atoms. The second-order valence-corrected chi connectivity index (χ2v) is 10.4. The van der Waals surface area contributed by atoms with Crippen LogP contribution in [-0.4, -0.2) is 28.3 Å². The van der Waals surface area contributed by atoms with E-state index in [1.54, 1.807) is 36.4 Å². The lowest BCUT2D eigenvalue weighted by Crippen LogP contribution is -2.31. The summed E-state index contributed by atoms with van der Waals surface area (Å²) in [6.07, 6.45) is 1.05. The minimum atomic E-state index is -1.05. The molecule has 0 aliphatic rings. The van der Waals surface area contributed by atoms with Crippen LogP contribution in [-0.2, 0) is 4.79 Å². The Labute approximate surface area is 237 Å². The van der Waals surface area contributed by atoms with Crippen molar-refractivity contribution in [3.8, 4) is 0 Å². The fourth-order valence-electron chi connectivity index (χ4n) is 4.42. The molecule has 0 unspecified atom stereocenters. The van der Waals surface area contributed by atoms with E-state index < -0.39 is 12.2 Å². The predicted molar refractivity (Wildman–Crippen MR) is 156 cm³/mol. The number of aliphatic hydroxyl groups excluding tert-OH is 2. The van der Waals surface area contributed by atoms with Gasteiger partial charge in [0.1, 0.15) is 11.6 Å². The van der Waals surface area contributed by atoms with Gasteiger partial charge in [-0.3, -0.25) is 4.79 Å². The third-order valence-corrected chi connectivity index (χ3v) is 7.32. The fraction of sp³-hybridized carbons (Fsp3) is 0.182. The first kappa shape index (κ1) is 29.1. The summed E-state index contributed by atoms with van der Waals surface area (Å²) in [6.45, 7) is 1.87. The van der Waals surface area contributed by atoms with Crippen LogP contribution in [0.2, 0.25) is 0 Å². The van der Waals surface area contributed by atoms with Crippen molar-refractivity contribution in [2.75, 3.05) is 0 Å². The first-order valence-corrected chi connectivity index (χ1v) is 13.9. The lowest BCUT2D eigenvalue weighted by molar-refractivity contribution is -0.123. The average molecular weight is 560 g/mol. The van der Waals surface area contributed by atoms with Crippen LogP contribution in [0.15, 0.2) is 109 Å². The maximum absolute atomic E-state index is 13.7. The zero-order chi connectivity index (χ0) is 28.5. The van der Waals surface area contributed by atoms with Gasteiger partial charge in [-0.2, -0.15) is 0 Å². The molecule has 0 aliphatic heterocycles. The number of carbonyl (C=O) groups excluding carboxylic acids is 1. The third kappa shape index (κ3) is 8.05. The zero-order valence-electron chi connectivity index (χ0n) is 22.0. The Hall–Kier alpha value is -3.91. The number of thiophene rings is 1. The minimum absolute atomic E-state index is 0.0379. The summed E-state index contributed by atoms with van der Waals surface area (Å²) >= 11 is 1.49. The normalized spacial score (nSPS) is 13.5. The highest BCUT2D eigenvalue weighted by molar-refractivity contribution is 7.11. The summed E-state index contributed by atoms with van der Waals surface area (Å²) in [7, 11) is 0. The first-order chi connectivity index (χ1) is 19.3. The Morgan fingerprint density at radius 1 is 0.875 bits per heavy atom. The van der Waals surface area contributed by atoms with E-state index in [-0.39, 0.29) is 36.4 Å². The van der Waals surface area contributed by atoms with Crippen molar-refractivity contribution in [3.05, 3.63) is 142 Å². The highest BCUT2D eigenvalue weighted by Gasteiger charge is 2.18. The molecule has 1 amide bonds. The summed E-state index contributed by atoms with van der Waals surface area (Å²) in [5.41, 5.74) is 3.89. The minimum Gasteiger partial charge on any atom is -0.392 e. The van der Waals surface area contributed by atoms with E-state index in [0.717, 1.165) is 32.7 Å². The number of nitrogens with one attached hydrogen (secondary N) is 1. The zero-order valence-corrected chi connectivity index (χ0v) is 22.8. The smallest absolute Gasteiger partial charge is 0.223 e. The van der Waals surface area contributed by atoms with Gasteiger partial charge < -0.3 is 15.5 Å². The second-order valence-electron chi connectivity index (χ2n) is 9.50. The van der Waals surface area contributed by atoms with Crippen LogP contribution < -0.4 is 5.32 Å². The Balaban J connectivity index is 1.54. The molecule has 1 heterocycles. The Kier molecular flexibility index (Phi) is 10.1. The number of carbonyl (C=O) groups is 1. The van der Waals surface area contributed by atoms with Gasteiger partial charge in [0.2, 0.25) is 5.91 Å². The maximum Gasteiger partial charge on any atom is 0.223 e.